The second-order valence-corrected chi connectivity index (χ2v) is 8.84. The predicted octanol–water partition coefficient (Wildman–Crippen LogP) is 3.42. The predicted molar refractivity (Wildman–Crippen MR) is 120 cm³/mol. The molecule has 7 heteroatoms. The molecule has 2 aromatic rings. The minimum Gasteiger partial charge on any atom is -0.326 e. The molecule has 0 spiro atoms. The van der Waals surface area contributed by atoms with Crippen molar-refractivity contribution < 1.29 is 14.4 Å². The summed E-state index contributed by atoms with van der Waals surface area (Å²) in [6, 6.07) is 7.36. The summed E-state index contributed by atoms with van der Waals surface area (Å²) in [6.45, 7) is 11.0. The first-order valence-corrected chi connectivity index (χ1v) is 10.9. The minimum absolute atomic E-state index is 0.103. The maximum Gasteiger partial charge on any atom is 0.237 e. The number of hydrogen-bond acceptors (Lipinski definition) is 4. The van der Waals surface area contributed by atoms with Crippen molar-refractivity contribution >= 4 is 23.4 Å². The van der Waals surface area contributed by atoms with E-state index in [4.69, 9.17) is 0 Å². The second kappa shape index (κ2) is 9.04. The lowest BCUT2D eigenvalue weighted by Gasteiger charge is -2.35. The summed E-state index contributed by atoms with van der Waals surface area (Å²) in [6.07, 6.45) is 1.71. The lowest BCUT2D eigenvalue weighted by Crippen LogP contribution is -2.51. The third-order valence-electron chi connectivity index (χ3n) is 6.20. The number of nitrogens with zero attached hydrogens (tertiary/aromatic N) is 2. The van der Waals surface area contributed by atoms with E-state index in [-0.39, 0.29) is 24.1 Å². The van der Waals surface area contributed by atoms with E-state index in [1.165, 1.54) is 0 Å². The van der Waals surface area contributed by atoms with Crippen LogP contribution in [0.1, 0.15) is 62.5 Å². The van der Waals surface area contributed by atoms with Gasteiger partial charge in [0.15, 0.2) is 0 Å². The average molecular weight is 425 g/mol. The fraction of sp³-hybridized carbons (Fsp3) is 0.500. The van der Waals surface area contributed by atoms with Gasteiger partial charge in [0.1, 0.15) is 0 Å². The Hall–Kier alpha value is -2.96. The fourth-order valence-corrected chi connectivity index (χ4v) is 4.32. The maximum atomic E-state index is 12.7. The van der Waals surface area contributed by atoms with Crippen LogP contribution in [0.2, 0.25) is 0 Å². The van der Waals surface area contributed by atoms with Gasteiger partial charge in [-0.15, -0.1) is 0 Å². The summed E-state index contributed by atoms with van der Waals surface area (Å²) in [5.41, 5.74) is 3.71. The van der Waals surface area contributed by atoms with E-state index in [0.29, 0.717) is 30.9 Å². The van der Waals surface area contributed by atoms with Gasteiger partial charge in [-0.25, -0.2) is 0 Å². The highest BCUT2D eigenvalue weighted by molar-refractivity contribution is 6.03. The number of hydrogen-bond donors (Lipinski definition) is 2. The minimum atomic E-state index is -0.699. The van der Waals surface area contributed by atoms with Crippen LogP contribution in [0, 0.1) is 19.8 Å². The Morgan fingerprint density at radius 1 is 1.23 bits per heavy atom. The van der Waals surface area contributed by atoms with Gasteiger partial charge in [-0.2, -0.15) is 5.10 Å². The highest BCUT2D eigenvalue weighted by Gasteiger charge is 2.42. The average Bonchev–Trinajstić information content (AvgIpc) is 2.96. The zero-order chi connectivity index (χ0) is 22.8. The third kappa shape index (κ3) is 4.70. The van der Waals surface area contributed by atoms with E-state index in [9.17, 15) is 14.4 Å². The van der Waals surface area contributed by atoms with Gasteiger partial charge in [-0.1, -0.05) is 32.9 Å². The normalized spacial score (nSPS) is 18.9. The molecule has 2 heterocycles. The van der Waals surface area contributed by atoms with Gasteiger partial charge in [0.05, 0.1) is 17.5 Å². The molecule has 1 aromatic heterocycles. The van der Waals surface area contributed by atoms with Gasteiger partial charge in [0, 0.05) is 29.9 Å². The molecule has 0 aliphatic carbocycles. The molecule has 1 unspecified atom stereocenters. The number of aryl methyl sites for hydroxylation is 1. The zero-order valence-electron chi connectivity index (χ0n) is 19.0. The molecule has 0 saturated carbocycles. The quantitative estimate of drug-likeness (QED) is 0.666. The first-order chi connectivity index (χ1) is 14.7. The number of anilines is 1. The summed E-state index contributed by atoms with van der Waals surface area (Å²) in [5, 5.41) is 9.98. The van der Waals surface area contributed by atoms with Crippen molar-refractivity contribution in [3.8, 4) is 0 Å². The number of carbonyl (C=O) groups excluding carboxylic acids is 3. The Labute approximate surface area is 183 Å². The standard InChI is InChI=1S/C24H32N4O3/c1-6-24(12-11-21(29)26-23(24)31)18-7-9-19(10-8-18)25-22(30)13-20-16(4)27-28(17(20)5)14-15(2)3/h7-10,15H,6,11-14H2,1-5H3,(H,25,30)(H,26,29,31). The fourth-order valence-electron chi connectivity index (χ4n) is 4.32. The van der Waals surface area contributed by atoms with Gasteiger partial charge >= 0.3 is 0 Å². The molecule has 1 aromatic carbocycles. The molecule has 3 rings (SSSR count). The van der Waals surface area contributed by atoms with Gasteiger partial charge in [0.25, 0.3) is 0 Å². The number of rotatable bonds is 7. The molecule has 166 valence electrons. The van der Waals surface area contributed by atoms with Crippen LogP contribution in [-0.2, 0) is 32.8 Å². The van der Waals surface area contributed by atoms with Crippen LogP contribution in [0.15, 0.2) is 24.3 Å². The Morgan fingerprint density at radius 3 is 2.48 bits per heavy atom. The molecule has 3 amide bonds. The molecule has 0 radical (unpaired) electrons. The number of piperidine rings is 1. The van der Waals surface area contributed by atoms with E-state index in [2.05, 4.69) is 29.6 Å². The highest BCUT2D eigenvalue weighted by atomic mass is 16.2. The summed E-state index contributed by atoms with van der Waals surface area (Å²) in [4.78, 5) is 36.8. The monoisotopic (exact) mass is 424 g/mol. The van der Waals surface area contributed by atoms with E-state index in [1.807, 2.05) is 49.7 Å². The first kappa shape index (κ1) is 22.7. The topological polar surface area (TPSA) is 93.1 Å². The highest BCUT2D eigenvalue weighted by Crippen LogP contribution is 2.36. The van der Waals surface area contributed by atoms with Crippen LogP contribution in [0.5, 0.6) is 0 Å². The summed E-state index contributed by atoms with van der Waals surface area (Å²) >= 11 is 0. The summed E-state index contributed by atoms with van der Waals surface area (Å²) in [7, 11) is 0. The van der Waals surface area contributed by atoms with Crippen molar-refractivity contribution in [2.24, 2.45) is 5.92 Å². The number of amides is 3. The number of imide groups is 1. The van der Waals surface area contributed by atoms with Crippen molar-refractivity contribution in [3.63, 3.8) is 0 Å². The van der Waals surface area contributed by atoms with Crippen LogP contribution in [0.4, 0.5) is 5.69 Å². The number of nitrogens with one attached hydrogen (secondary N) is 2. The molecule has 1 saturated heterocycles. The second-order valence-electron chi connectivity index (χ2n) is 8.84. The lowest BCUT2D eigenvalue weighted by molar-refractivity contribution is -0.138. The van der Waals surface area contributed by atoms with Gasteiger partial charge in [-0.3, -0.25) is 24.4 Å². The Morgan fingerprint density at radius 2 is 1.90 bits per heavy atom. The van der Waals surface area contributed by atoms with E-state index in [1.54, 1.807) is 0 Å². The summed E-state index contributed by atoms with van der Waals surface area (Å²) < 4.78 is 1.97. The van der Waals surface area contributed by atoms with Crippen molar-refractivity contribution in [2.45, 2.75) is 72.3 Å². The van der Waals surface area contributed by atoms with Gasteiger partial charge in [-0.05, 0) is 50.3 Å². The summed E-state index contributed by atoms with van der Waals surface area (Å²) in [5.74, 6) is -0.0871. The Balaban J connectivity index is 1.70. The number of carbonyl (C=O) groups is 3. The van der Waals surface area contributed by atoms with Crippen LogP contribution in [-0.4, -0.2) is 27.5 Å². The zero-order valence-corrected chi connectivity index (χ0v) is 19.0. The van der Waals surface area contributed by atoms with Crippen molar-refractivity contribution in [1.82, 2.24) is 15.1 Å². The van der Waals surface area contributed by atoms with Crippen LogP contribution in [0.25, 0.3) is 0 Å². The number of benzene rings is 1. The molecule has 1 aliphatic rings. The Kier molecular flexibility index (Phi) is 6.62. The van der Waals surface area contributed by atoms with Crippen molar-refractivity contribution in [1.29, 1.82) is 0 Å². The van der Waals surface area contributed by atoms with Crippen molar-refractivity contribution in [2.75, 3.05) is 5.32 Å². The molecule has 1 fully saturated rings. The molecule has 31 heavy (non-hydrogen) atoms. The SMILES string of the molecule is CCC1(c2ccc(NC(=O)Cc3c(C)nn(CC(C)C)c3C)cc2)CCC(=O)NC1=O. The molecular weight excluding hydrogens is 392 g/mol. The maximum absolute atomic E-state index is 12.7. The van der Waals surface area contributed by atoms with Crippen LogP contribution >= 0.6 is 0 Å². The van der Waals surface area contributed by atoms with E-state index >= 15 is 0 Å². The van der Waals surface area contributed by atoms with Crippen LogP contribution in [0.3, 0.4) is 0 Å². The van der Waals surface area contributed by atoms with Gasteiger partial charge < -0.3 is 5.32 Å². The number of aromatic nitrogens is 2. The molecule has 0 bridgehead atoms. The lowest BCUT2D eigenvalue weighted by atomic mass is 9.72. The molecule has 7 nitrogen and oxygen atoms in total. The Bertz CT molecular complexity index is 991. The molecule has 1 atom stereocenters. The smallest absolute Gasteiger partial charge is 0.237 e. The third-order valence-corrected chi connectivity index (χ3v) is 6.20. The van der Waals surface area contributed by atoms with E-state index < -0.39 is 5.41 Å². The molecule has 1 aliphatic heterocycles. The van der Waals surface area contributed by atoms with E-state index in [0.717, 1.165) is 29.1 Å². The molecule has 2 N–H and O–H groups in total. The molecular formula is C24H32N4O3. The first-order valence-electron chi connectivity index (χ1n) is 10.9. The van der Waals surface area contributed by atoms with Gasteiger partial charge in [0.2, 0.25) is 17.7 Å². The van der Waals surface area contributed by atoms with Crippen molar-refractivity contribution in [3.05, 3.63) is 46.8 Å². The largest absolute Gasteiger partial charge is 0.326 e. The van der Waals surface area contributed by atoms with Crippen LogP contribution < -0.4 is 10.6 Å².